The fraction of sp³-hybridized carbons (Fsp3) is 0.0667. The summed E-state index contributed by atoms with van der Waals surface area (Å²) in [6.45, 7) is 0.248. The molecule has 0 saturated carbocycles. The number of carbonyl (C=O) groups is 1. The van der Waals surface area contributed by atoms with Gasteiger partial charge < -0.3 is 9.47 Å². The molecule has 4 aromatic carbocycles. The minimum absolute atomic E-state index is 0.207. The van der Waals surface area contributed by atoms with Crippen molar-refractivity contribution in [1.82, 2.24) is 0 Å². The summed E-state index contributed by atoms with van der Waals surface area (Å²) in [5, 5.41) is 7.23. The molecular weight excluding hydrogens is 634 g/mol. The number of rotatable bonds is 7. The van der Waals surface area contributed by atoms with Gasteiger partial charge >= 0.3 is 0 Å². The molecule has 8 heteroatoms. The Morgan fingerprint density at radius 3 is 2.34 bits per heavy atom. The largest absolute Gasteiger partial charge is 0.493 e. The Morgan fingerprint density at radius 1 is 0.947 bits per heavy atom. The Kier molecular flexibility index (Phi) is 8.02. The molecule has 0 radical (unpaired) electrons. The number of ether oxygens (including phenoxy) is 2. The molecule has 4 aromatic rings. The van der Waals surface area contributed by atoms with E-state index >= 15 is 0 Å². The fourth-order valence-electron chi connectivity index (χ4n) is 4.02. The summed E-state index contributed by atoms with van der Waals surface area (Å²) < 4.78 is 12.6. The van der Waals surface area contributed by atoms with Crippen LogP contribution in [0.2, 0.25) is 10.0 Å². The zero-order chi connectivity index (χ0) is 26.6. The van der Waals surface area contributed by atoms with Crippen LogP contribution in [0, 0.1) is 3.57 Å². The van der Waals surface area contributed by atoms with Gasteiger partial charge in [0.2, 0.25) is 0 Å². The summed E-state index contributed by atoms with van der Waals surface area (Å²) in [5.74, 6) is 0.918. The fourth-order valence-corrected chi connectivity index (χ4v) is 5.26. The van der Waals surface area contributed by atoms with Crippen LogP contribution in [-0.2, 0) is 11.4 Å². The first-order valence-corrected chi connectivity index (χ1v) is 13.5. The van der Waals surface area contributed by atoms with Gasteiger partial charge in [-0.2, -0.15) is 10.1 Å². The molecule has 5 nitrogen and oxygen atoms in total. The number of hydrogen-bond donors (Lipinski definition) is 0. The van der Waals surface area contributed by atoms with Crippen molar-refractivity contribution in [1.29, 1.82) is 0 Å². The van der Waals surface area contributed by atoms with Gasteiger partial charge in [0, 0.05) is 21.2 Å². The van der Waals surface area contributed by atoms with Crippen LogP contribution in [0.5, 0.6) is 11.5 Å². The molecule has 0 aromatic heterocycles. The molecule has 0 N–H and O–H groups in total. The topological polar surface area (TPSA) is 51.1 Å². The van der Waals surface area contributed by atoms with E-state index in [1.165, 1.54) is 5.01 Å². The zero-order valence-electron chi connectivity index (χ0n) is 20.2. The van der Waals surface area contributed by atoms with E-state index in [1.807, 2.05) is 84.9 Å². The Labute approximate surface area is 244 Å². The van der Waals surface area contributed by atoms with Crippen molar-refractivity contribution >= 4 is 69.2 Å². The van der Waals surface area contributed by atoms with Crippen molar-refractivity contribution in [2.24, 2.45) is 5.10 Å². The molecule has 1 amide bonds. The first-order chi connectivity index (χ1) is 18.4. The quantitative estimate of drug-likeness (QED) is 0.150. The maximum atomic E-state index is 13.6. The standard InChI is InChI=1S/C30H21Cl2IN2O3/c1-37-27-16-19(15-26(33)29(27)38-18-21-12-13-22(31)17-25(21)32)14-24-28(20-8-4-2-5-9-20)34-35(30(24)36)23-10-6-3-7-11-23/h2-17H,18H2,1H3/b24-14-. The van der Waals surface area contributed by atoms with Crippen molar-refractivity contribution in [3.05, 3.63) is 127 Å². The number of nitrogens with zero attached hydrogens (tertiary/aromatic N) is 2. The van der Waals surface area contributed by atoms with Crippen molar-refractivity contribution in [2.45, 2.75) is 6.61 Å². The molecule has 5 rings (SSSR count). The molecule has 1 aliphatic heterocycles. The molecule has 190 valence electrons. The highest BCUT2D eigenvalue weighted by Crippen LogP contribution is 2.37. The molecule has 0 atom stereocenters. The molecule has 0 saturated heterocycles. The number of anilines is 1. The predicted molar refractivity (Wildman–Crippen MR) is 161 cm³/mol. The van der Waals surface area contributed by atoms with Gasteiger partial charge in [0.05, 0.1) is 21.9 Å². The van der Waals surface area contributed by atoms with E-state index in [-0.39, 0.29) is 12.5 Å². The molecule has 0 unspecified atom stereocenters. The highest BCUT2D eigenvalue weighted by molar-refractivity contribution is 14.1. The van der Waals surface area contributed by atoms with Gasteiger partial charge in [-0.15, -0.1) is 0 Å². The first kappa shape index (κ1) is 26.3. The summed E-state index contributed by atoms with van der Waals surface area (Å²) in [7, 11) is 1.58. The maximum Gasteiger partial charge on any atom is 0.281 e. The normalized spacial score (nSPS) is 14.1. The second kappa shape index (κ2) is 11.6. The van der Waals surface area contributed by atoms with Crippen LogP contribution in [0.4, 0.5) is 5.69 Å². The van der Waals surface area contributed by atoms with Gasteiger partial charge in [-0.1, -0.05) is 77.8 Å². The SMILES string of the molecule is COc1cc(/C=C2\C(=O)N(c3ccccc3)N=C2c2ccccc2)cc(I)c1OCc1ccc(Cl)cc1Cl. The van der Waals surface area contributed by atoms with Crippen LogP contribution >= 0.6 is 45.8 Å². The summed E-state index contributed by atoms with van der Waals surface area (Å²) in [5.41, 5.74) is 4.23. The predicted octanol–water partition coefficient (Wildman–Crippen LogP) is 8.02. The molecule has 1 heterocycles. The lowest BCUT2D eigenvalue weighted by atomic mass is 10.00. The lowest BCUT2D eigenvalue weighted by Crippen LogP contribution is -2.21. The third-order valence-corrected chi connectivity index (χ3v) is 7.26. The van der Waals surface area contributed by atoms with Crippen molar-refractivity contribution < 1.29 is 14.3 Å². The second-order valence-corrected chi connectivity index (χ2v) is 10.4. The van der Waals surface area contributed by atoms with Crippen LogP contribution in [-0.4, -0.2) is 18.7 Å². The highest BCUT2D eigenvalue weighted by Gasteiger charge is 2.32. The summed E-state index contributed by atoms with van der Waals surface area (Å²) in [6, 6.07) is 28.1. The lowest BCUT2D eigenvalue weighted by Gasteiger charge is -2.15. The molecule has 1 aliphatic rings. The van der Waals surface area contributed by atoms with E-state index < -0.39 is 0 Å². The minimum atomic E-state index is -0.207. The van der Waals surface area contributed by atoms with Crippen LogP contribution < -0.4 is 14.5 Å². The summed E-state index contributed by atoms with van der Waals surface area (Å²) in [6.07, 6.45) is 1.83. The second-order valence-electron chi connectivity index (χ2n) is 8.38. The van der Waals surface area contributed by atoms with Crippen molar-refractivity contribution in [3.63, 3.8) is 0 Å². The van der Waals surface area contributed by atoms with E-state index in [0.717, 1.165) is 20.3 Å². The Hall–Kier alpha value is -3.33. The van der Waals surface area contributed by atoms with Gasteiger partial charge in [-0.05, 0) is 70.6 Å². The monoisotopic (exact) mass is 654 g/mol. The maximum absolute atomic E-state index is 13.6. The number of hydrogen-bond acceptors (Lipinski definition) is 4. The molecule has 0 bridgehead atoms. The van der Waals surface area contributed by atoms with E-state index in [1.54, 1.807) is 19.2 Å². The third-order valence-electron chi connectivity index (χ3n) is 5.88. The van der Waals surface area contributed by atoms with Crippen LogP contribution in [0.15, 0.2) is 102 Å². The summed E-state index contributed by atoms with van der Waals surface area (Å²) in [4.78, 5) is 13.6. The average Bonchev–Trinajstić information content (AvgIpc) is 3.25. The number of amides is 1. The first-order valence-electron chi connectivity index (χ1n) is 11.6. The highest BCUT2D eigenvalue weighted by atomic mass is 127. The zero-order valence-corrected chi connectivity index (χ0v) is 23.9. The van der Waals surface area contributed by atoms with E-state index in [0.29, 0.717) is 38.5 Å². The number of para-hydroxylation sites is 1. The Bertz CT molecular complexity index is 1560. The molecule has 0 aliphatic carbocycles. The molecule has 0 fully saturated rings. The van der Waals surface area contributed by atoms with E-state index in [2.05, 4.69) is 22.6 Å². The van der Waals surface area contributed by atoms with Gasteiger partial charge in [0.1, 0.15) is 12.3 Å². The Balaban J connectivity index is 1.50. The van der Waals surface area contributed by atoms with Crippen LogP contribution in [0.25, 0.3) is 6.08 Å². The number of benzene rings is 4. The van der Waals surface area contributed by atoms with Crippen LogP contribution in [0.1, 0.15) is 16.7 Å². The van der Waals surface area contributed by atoms with Crippen molar-refractivity contribution in [3.8, 4) is 11.5 Å². The van der Waals surface area contributed by atoms with Gasteiger partial charge in [0.15, 0.2) is 11.5 Å². The number of hydrazone groups is 1. The van der Waals surface area contributed by atoms with Gasteiger partial charge in [-0.25, -0.2) is 0 Å². The van der Waals surface area contributed by atoms with Gasteiger partial charge in [-0.3, -0.25) is 4.79 Å². The van der Waals surface area contributed by atoms with Crippen LogP contribution in [0.3, 0.4) is 0 Å². The summed E-state index contributed by atoms with van der Waals surface area (Å²) >= 11 is 14.5. The van der Waals surface area contributed by atoms with E-state index in [9.17, 15) is 4.79 Å². The van der Waals surface area contributed by atoms with Crippen molar-refractivity contribution in [2.75, 3.05) is 12.1 Å². The lowest BCUT2D eigenvalue weighted by molar-refractivity contribution is -0.114. The van der Waals surface area contributed by atoms with E-state index in [4.69, 9.17) is 37.8 Å². The number of halogens is 3. The molecule has 0 spiro atoms. The number of carbonyl (C=O) groups excluding carboxylic acids is 1. The number of methoxy groups -OCH3 is 1. The minimum Gasteiger partial charge on any atom is -0.493 e. The molecular formula is C30H21Cl2IN2O3. The van der Waals surface area contributed by atoms with Gasteiger partial charge in [0.25, 0.3) is 5.91 Å². The molecule has 38 heavy (non-hydrogen) atoms. The average molecular weight is 655 g/mol. The Morgan fingerprint density at radius 2 is 1.66 bits per heavy atom. The third kappa shape index (κ3) is 5.57. The smallest absolute Gasteiger partial charge is 0.281 e.